The number of hydrogen-bond donors (Lipinski definition) is 3. The Balaban J connectivity index is 0.000000207. The Kier molecular flexibility index (Phi) is 26.5. The van der Waals surface area contributed by atoms with E-state index < -0.39 is 96.9 Å². The number of aliphatic carboxylic acids is 3. The molecule has 34 heteroatoms. The number of rotatable bonds is 15. The molecule has 5 unspecified atom stereocenters. The maximum atomic E-state index is 13.5. The molecule has 0 saturated carbocycles. The van der Waals surface area contributed by atoms with Crippen molar-refractivity contribution in [2.45, 2.75) is 135 Å². The molecule has 0 bridgehead atoms. The average molecular weight is 1410 g/mol. The van der Waals surface area contributed by atoms with Crippen molar-refractivity contribution >= 4 is 53.2 Å². The number of anilines is 3. The van der Waals surface area contributed by atoms with Gasteiger partial charge in [0.1, 0.15) is 6.04 Å². The van der Waals surface area contributed by atoms with Gasteiger partial charge in [-0.15, -0.1) is 0 Å². The summed E-state index contributed by atoms with van der Waals surface area (Å²) in [7, 11) is 0. The summed E-state index contributed by atoms with van der Waals surface area (Å²) in [6, 6.07) is 14.8. The van der Waals surface area contributed by atoms with E-state index in [2.05, 4.69) is 47.1 Å². The number of piperazine rings is 3. The van der Waals surface area contributed by atoms with Crippen LogP contribution in [-0.2, 0) is 59.1 Å². The van der Waals surface area contributed by atoms with Gasteiger partial charge in [-0.25, -0.2) is 24.0 Å². The van der Waals surface area contributed by atoms with Crippen LogP contribution in [0.1, 0.15) is 79.8 Å². The number of alkyl halides is 12. The van der Waals surface area contributed by atoms with Crippen molar-refractivity contribution in [3.63, 3.8) is 0 Å². The van der Waals surface area contributed by atoms with Gasteiger partial charge in [0.05, 0.1) is 24.6 Å². The second kappa shape index (κ2) is 33.4. The second-order valence-corrected chi connectivity index (χ2v) is 25.1. The predicted octanol–water partition coefficient (Wildman–Crippen LogP) is 9.95. The van der Waals surface area contributed by atoms with Gasteiger partial charge in [0, 0.05) is 141 Å². The molecule has 6 heterocycles. The molecule has 0 radical (unpaired) electrons. The minimum Gasteiger partial charge on any atom is -0.481 e. The molecular formula is C64H83F12N9O13. The van der Waals surface area contributed by atoms with E-state index in [-0.39, 0.29) is 64.0 Å². The van der Waals surface area contributed by atoms with Crippen LogP contribution in [-0.4, -0.2) is 248 Å². The summed E-state index contributed by atoms with van der Waals surface area (Å²) in [6.45, 7) is 14.6. The summed E-state index contributed by atoms with van der Waals surface area (Å²) in [5.74, 6) is -3.09. The molecule has 6 saturated heterocycles. The minimum absolute atomic E-state index is 0.0580. The summed E-state index contributed by atoms with van der Waals surface area (Å²) in [5, 5.41) is 27.8. The zero-order valence-electron chi connectivity index (χ0n) is 54.8. The number of piperidine rings is 1. The van der Waals surface area contributed by atoms with E-state index in [1.807, 2.05) is 36.9 Å². The Bertz CT molecular complexity index is 3200. The van der Waals surface area contributed by atoms with Gasteiger partial charge in [-0.3, -0.25) is 19.5 Å². The van der Waals surface area contributed by atoms with Crippen LogP contribution < -0.4 is 14.7 Å². The lowest BCUT2D eigenvalue weighted by atomic mass is 9.96. The van der Waals surface area contributed by atoms with Crippen molar-refractivity contribution in [2.75, 3.05) is 133 Å². The quantitative estimate of drug-likeness (QED) is 0.0949. The summed E-state index contributed by atoms with van der Waals surface area (Å²) < 4.78 is 173. The number of ether oxygens (including phenoxy) is 4. The lowest BCUT2D eigenvalue weighted by Crippen LogP contribution is -2.49. The van der Waals surface area contributed by atoms with Gasteiger partial charge in [0.2, 0.25) is 0 Å². The van der Waals surface area contributed by atoms with Crippen LogP contribution in [0, 0.1) is 19.8 Å². The first-order chi connectivity index (χ1) is 45.8. The lowest BCUT2D eigenvalue weighted by molar-refractivity contribution is -0.200. The second-order valence-electron chi connectivity index (χ2n) is 25.1. The number of carboxylic acids is 3. The number of amides is 3. The van der Waals surface area contributed by atoms with Crippen LogP contribution >= 0.6 is 0 Å². The Morgan fingerprint density at radius 3 is 1.27 bits per heavy atom. The standard InChI is InChI=1S/C22H30F3N3O4.C21H25F6N3O4.C21H28F3N3O5/c1-15-3-4-17(13-19(15)27-7-5-18(6-8-27)20(29)30)14-26-9-11-28(12-10-26)21(31)32-16(2)22(23,24)25;1-13(20(22,23)24)34-19(33)29-7-5-28(6-8-29)12-14-9-15(21(25,26)27)11-16(10-14)30-4-2-3-17(30)18(31)32;1-14-3-4-16(11-17(14)27-9-10-31-18(13-27)19(28)29)12-25-5-7-26(8-6-25)20(30)32-15(2)21(22,23)24/h3-4,13,16,18H,5-12,14H2,1-2H3,(H,29,30);9-11,13,17H,2-8,12H2,1H3,(H,31,32);3-4,11,15,18H,5-10,12-13H2,1-2H3,(H,28,29). The Labute approximate surface area is 558 Å². The third-order valence-electron chi connectivity index (χ3n) is 17.9. The van der Waals surface area contributed by atoms with Crippen LogP contribution in [0.5, 0.6) is 0 Å². The number of nitrogens with zero attached hydrogens (tertiary/aromatic N) is 9. The molecular weight excluding hydrogens is 1330 g/mol. The Morgan fingerprint density at radius 1 is 0.480 bits per heavy atom. The lowest BCUT2D eigenvalue weighted by Gasteiger charge is -2.35. The average Bonchev–Trinajstić information content (AvgIpc) is 1.20. The molecule has 3 N–H and O–H groups in total. The van der Waals surface area contributed by atoms with Gasteiger partial charge in [-0.2, -0.15) is 52.7 Å². The molecule has 0 spiro atoms. The maximum absolute atomic E-state index is 13.5. The zero-order valence-corrected chi connectivity index (χ0v) is 54.8. The molecule has 0 aromatic heterocycles. The van der Waals surface area contributed by atoms with Gasteiger partial charge in [0.15, 0.2) is 24.4 Å². The highest BCUT2D eigenvalue weighted by atomic mass is 19.4. The van der Waals surface area contributed by atoms with E-state index in [0.717, 1.165) is 71.4 Å². The molecule has 5 atom stereocenters. The number of hydrogen-bond acceptors (Lipinski definition) is 16. The van der Waals surface area contributed by atoms with Crippen LogP contribution in [0.25, 0.3) is 0 Å². The highest BCUT2D eigenvalue weighted by molar-refractivity contribution is 5.79. The molecule has 546 valence electrons. The topological polar surface area (TPSA) is 229 Å². The maximum Gasteiger partial charge on any atom is 0.425 e. The van der Waals surface area contributed by atoms with Gasteiger partial charge in [0.25, 0.3) is 0 Å². The van der Waals surface area contributed by atoms with Gasteiger partial charge in [-0.05, 0) is 118 Å². The van der Waals surface area contributed by atoms with E-state index in [1.165, 1.54) is 20.8 Å². The van der Waals surface area contributed by atoms with Gasteiger partial charge in [-0.1, -0.05) is 24.3 Å². The number of carbonyl (C=O) groups excluding carboxylic acids is 3. The van der Waals surface area contributed by atoms with Gasteiger partial charge < -0.3 is 63.7 Å². The number of benzene rings is 3. The highest BCUT2D eigenvalue weighted by Crippen LogP contribution is 2.37. The number of morpholine rings is 1. The summed E-state index contributed by atoms with van der Waals surface area (Å²) >= 11 is 0. The first-order valence-corrected chi connectivity index (χ1v) is 32.0. The number of halogens is 12. The largest absolute Gasteiger partial charge is 0.481 e. The normalized spacial score (nSPS) is 20.7. The predicted molar refractivity (Wildman–Crippen MR) is 331 cm³/mol. The summed E-state index contributed by atoms with van der Waals surface area (Å²) in [4.78, 5) is 85.4. The molecule has 3 amide bonds. The number of aryl methyl sites for hydroxylation is 2. The molecule has 98 heavy (non-hydrogen) atoms. The van der Waals surface area contributed by atoms with E-state index in [4.69, 9.17) is 4.74 Å². The molecule has 3 aromatic carbocycles. The fourth-order valence-corrected chi connectivity index (χ4v) is 11.9. The van der Waals surface area contributed by atoms with Crippen molar-refractivity contribution in [2.24, 2.45) is 5.92 Å². The fourth-order valence-electron chi connectivity index (χ4n) is 11.9. The molecule has 3 aromatic rings. The van der Waals surface area contributed by atoms with E-state index in [1.54, 1.807) is 4.90 Å². The third-order valence-corrected chi connectivity index (χ3v) is 17.9. The molecule has 6 fully saturated rings. The van der Waals surface area contributed by atoms with E-state index >= 15 is 0 Å². The minimum atomic E-state index is -4.67. The van der Waals surface area contributed by atoms with Crippen molar-refractivity contribution < 1.29 is 116 Å². The zero-order chi connectivity index (χ0) is 72.2. The van der Waals surface area contributed by atoms with Crippen molar-refractivity contribution in [3.05, 3.63) is 88.0 Å². The first-order valence-electron chi connectivity index (χ1n) is 32.0. The molecule has 22 nitrogen and oxygen atoms in total. The molecule has 0 aliphatic carbocycles. The van der Waals surface area contributed by atoms with Crippen LogP contribution in [0.4, 0.5) is 84.1 Å². The number of carboxylic acid groups (broad SMARTS) is 3. The first kappa shape index (κ1) is 77.6. The Hall–Kier alpha value is -7.72. The SMILES string of the molecule is CC(OC(=O)N1CCN(Cc2cc(N3CCCC3C(=O)O)cc(C(F)(F)F)c2)CC1)C(F)(F)F.Cc1ccc(CN2CCN(C(=O)OC(C)C(F)(F)F)CC2)cc1N1CCC(C(=O)O)CC1.Cc1ccc(CN2CCN(C(=O)OC(C)C(F)(F)F)CC2)cc1N1CCOC(C(=O)O)C1. The van der Waals surface area contributed by atoms with E-state index in [0.29, 0.717) is 116 Å². The summed E-state index contributed by atoms with van der Waals surface area (Å²) in [6.07, 6.45) is -26.7. The molecule has 6 aliphatic heterocycles. The van der Waals surface area contributed by atoms with Crippen LogP contribution in [0.15, 0.2) is 54.6 Å². The monoisotopic (exact) mass is 1410 g/mol. The summed E-state index contributed by atoms with van der Waals surface area (Å²) in [5.41, 5.74) is 5.98. The third kappa shape index (κ3) is 22.1. The highest BCUT2D eigenvalue weighted by Gasteiger charge is 2.43. The van der Waals surface area contributed by atoms with Crippen LogP contribution in [0.3, 0.4) is 0 Å². The van der Waals surface area contributed by atoms with E-state index in [9.17, 15) is 96.8 Å². The molecule has 6 aliphatic rings. The van der Waals surface area contributed by atoms with Crippen molar-refractivity contribution in [1.82, 2.24) is 29.4 Å². The Morgan fingerprint density at radius 2 is 0.888 bits per heavy atom. The smallest absolute Gasteiger partial charge is 0.425 e. The molecule has 9 rings (SSSR count). The fraction of sp³-hybridized carbons (Fsp3) is 0.625. The number of carbonyl (C=O) groups is 6. The van der Waals surface area contributed by atoms with Crippen molar-refractivity contribution in [1.29, 1.82) is 0 Å². The van der Waals surface area contributed by atoms with Gasteiger partial charge >= 0.3 is 60.9 Å². The van der Waals surface area contributed by atoms with Crippen molar-refractivity contribution in [3.8, 4) is 0 Å². The van der Waals surface area contributed by atoms with Crippen LogP contribution in [0.2, 0.25) is 0 Å².